The maximum Gasteiger partial charge on any atom is 0.170 e. The van der Waals surface area contributed by atoms with Crippen LogP contribution in [0.5, 0.6) is 0 Å². The van der Waals surface area contributed by atoms with Crippen LogP contribution in [0, 0.1) is 17.3 Å². The van der Waals surface area contributed by atoms with Crippen molar-refractivity contribution in [1.29, 1.82) is 0 Å². The molecule has 1 aliphatic rings. The van der Waals surface area contributed by atoms with Crippen LogP contribution < -0.4 is 0 Å². The zero-order chi connectivity index (χ0) is 15.0. The smallest absolute Gasteiger partial charge is 0.170 e. The molecule has 19 heavy (non-hydrogen) atoms. The molecule has 114 valence electrons. The Morgan fingerprint density at radius 3 is 1.84 bits per heavy atom. The van der Waals surface area contributed by atoms with Gasteiger partial charge in [-0.3, -0.25) is 0 Å². The number of aliphatic hydroxyl groups excluding tert-OH is 1. The van der Waals surface area contributed by atoms with Gasteiger partial charge in [-0.15, -0.1) is 11.8 Å². The molecular formula is C16H32O2S. The summed E-state index contributed by atoms with van der Waals surface area (Å²) in [6.45, 7) is 17.5. The molecule has 0 aromatic rings. The van der Waals surface area contributed by atoms with Crippen LogP contribution >= 0.6 is 11.8 Å². The summed E-state index contributed by atoms with van der Waals surface area (Å²) in [5.74, 6) is 0.862. The van der Waals surface area contributed by atoms with E-state index in [4.69, 9.17) is 4.74 Å². The van der Waals surface area contributed by atoms with Gasteiger partial charge in [0.1, 0.15) is 0 Å². The molecule has 1 heterocycles. The Balaban J connectivity index is 2.72. The number of thioether (sulfide) groups is 1. The summed E-state index contributed by atoms with van der Waals surface area (Å²) >= 11 is 1.86. The van der Waals surface area contributed by atoms with E-state index in [9.17, 15) is 5.11 Å². The van der Waals surface area contributed by atoms with Crippen molar-refractivity contribution in [3.05, 3.63) is 0 Å². The summed E-state index contributed by atoms with van der Waals surface area (Å²) in [7, 11) is 0. The normalized spacial score (nSPS) is 29.4. The third-order valence-corrected chi connectivity index (χ3v) is 5.51. The van der Waals surface area contributed by atoms with E-state index in [1.807, 2.05) is 11.8 Å². The summed E-state index contributed by atoms with van der Waals surface area (Å²) in [5, 5.41) is 11.1. The fourth-order valence-electron chi connectivity index (χ4n) is 3.00. The van der Waals surface area contributed by atoms with Gasteiger partial charge in [0.2, 0.25) is 0 Å². The molecule has 3 atom stereocenters. The fourth-order valence-corrected chi connectivity index (χ4v) is 4.48. The van der Waals surface area contributed by atoms with Crippen LogP contribution in [0.25, 0.3) is 0 Å². The Hall–Kier alpha value is 0.270. The van der Waals surface area contributed by atoms with Crippen molar-refractivity contribution in [1.82, 2.24) is 0 Å². The summed E-state index contributed by atoms with van der Waals surface area (Å²) < 4.78 is 5.95. The molecule has 1 aliphatic heterocycles. The zero-order valence-corrected chi connectivity index (χ0v) is 14.7. The maximum absolute atomic E-state index is 10.6. The monoisotopic (exact) mass is 288 g/mol. The van der Waals surface area contributed by atoms with Crippen molar-refractivity contribution >= 4 is 11.8 Å². The van der Waals surface area contributed by atoms with Gasteiger partial charge in [0.15, 0.2) is 6.29 Å². The van der Waals surface area contributed by atoms with Gasteiger partial charge in [0.25, 0.3) is 0 Å². The highest BCUT2D eigenvalue weighted by molar-refractivity contribution is 8.08. The number of rotatable bonds is 6. The molecule has 2 nitrogen and oxygen atoms in total. The standard InChI is InChI=1S/C16H32O2S/c1-10(2)13(11(3)4)18-14(17)16(12(5)19-16)9-15(6,7)8/h10-14,17H,9H2,1-8H3. The molecule has 0 bridgehead atoms. The van der Waals surface area contributed by atoms with E-state index in [1.54, 1.807) is 0 Å². The molecule has 0 saturated carbocycles. The molecule has 0 spiro atoms. The Morgan fingerprint density at radius 1 is 1.16 bits per heavy atom. The molecule has 3 unspecified atom stereocenters. The van der Waals surface area contributed by atoms with Crippen LogP contribution in [0.4, 0.5) is 0 Å². The van der Waals surface area contributed by atoms with Gasteiger partial charge < -0.3 is 9.84 Å². The van der Waals surface area contributed by atoms with Crippen molar-refractivity contribution in [2.24, 2.45) is 17.3 Å². The molecule has 0 amide bonds. The minimum Gasteiger partial charge on any atom is -0.367 e. The second-order valence-corrected chi connectivity index (χ2v) is 9.60. The first-order chi connectivity index (χ1) is 8.49. The van der Waals surface area contributed by atoms with Crippen LogP contribution in [-0.4, -0.2) is 27.5 Å². The first kappa shape index (κ1) is 17.3. The zero-order valence-electron chi connectivity index (χ0n) is 13.9. The summed E-state index contributed by atoms with van der Waals surface area (Å²) in [6.07, 6.45) is 0.470. The van der Waals surface area contributed by atoms with Crippen molar-refractivity contribution in [3.63, 3.8) is 0 Å². The predicted molar refractivity (Wildman–Crippen MR) is 84.4 cm³/mol. The third kappa shape index (κ3) is 4.37. The number of ether oxygens (including phenoxy) is 1. The lowest BCUT2D eigenvalue weighted by Crippen LogP contribution is -2.41. The average molecular weight is 288 g/mol. The van der Waals surface area contributed by atoms with Crippen molar-refractivity contribution in [2.45, 2.75) is 84.2 Å². The lowest BCUT2D eigenvalue weighted by Gasteiger charge is -2.34. The third-order valence-electron chi connectivity index (χ3n) is 3.85. The molecule has 1 fully saturated rings. The molecule has 0 radical (unpaired) electrons. The number of hydrogen-bond donors (Lipinski definition) is 1. The van der Waals surface area contributed by atoms with E-state index in [1.165, 1.54) is 0 Å². The molecular weight excluding hydrogens is 256 g/mol. The van der Waals surface area contributed by atoms with Gasteiger partial charge in [-0.2, -0.15) is 0 Å². The van der Waals surface area contributed by atoms with E-state index in [0.717, 1.165) is 6.42 Å². The van der Waals surface area contributed by atoms with E-state index in [-0.39, 0.29) is 16.3 Å². The second kappa shape index (κ2) is 5.95. The van der Waals surface area contributed by atoms with Crippen molar-refractivity contribution in [2.75, 3.05) is 0 Å². The van der Waals surface area contributed by atoms with Crippen molar-refractivity contribution < 1.29 is 9.84 Å². The predicted octanol–water partition coefficient (Wildman–Crippen LogP) is 4.31. The summed E-state index contributed by atoms with van der Waals surface area (Å²) in [5.41, 5.74) is 0.216. The Labute approximate surface area is 123 Å². The SMILES string of the molecule is CC(C)C(OC(O)C1(CC(C)(C)C)SC1C)C(C)C. The van der Waals surface area contributed by atoms with Crippen LogP contribution in [0.15, 0.2) is 0 Å². The highest BCUT2D eigenvalue weighted by Crippen LogP contribution is 2.61. The first-order valence-electron chi connectivity index (χ1n) is 7.51. The molecule has 1 rings (SSSR count). The topological polar surface area (TPSA) is 29.5 Å². The van der Waals surface area contributed by atoms with Gasteiger partial charge in [-0.1, -0.05) is 55.4 Å². The maximum atomic E-state index is 10.6. The molecule has 3 heteroatoms. The Kier molecular flexibility index (Phi) is 5.42. The van der Waals surface area contributed by atoms with Crippen LogP contribution in [0.3, 0.4) is 0 Å². The van der Waals surface area contributed by atoms with Crippen LogP contribution in [0.1, 0.15) is 61.8 Å². The van der Waals surface area contributed by atoms with Gasteiger partial charge in [-0.25, -0.2) is 0 Å². The second-order valence-electron chi connectivity index (χ2n) is 7.89. The summed E-state index contributed by atoms with van der Waals surface area (Å²) in [6, 6.07) is 0. The minimum absolute atomic E-state index is 0.0969. The van der Waals surface area contributed by atoms with E-state index in [2.05, 4.69) is 55.4 Å². The van der Waals surface area contributed by atoms with Gasteiger partial charge in [-0.05, 0) is 23.7 Å². The van der Waals surface area contributed by atoms with Gasteiger partial charge >= 0.3 is 0 Å². The average Bonchev–Trinajstić information content (AvgIpc) is 2.82. The van der Waals surface area contributed by atoms with Crippen LogP contribution in [-0.2, 0) is 4.74 Å². The number of aliphatic hydroxyl groups is 1. The molecule has 0 aliphatic carbocycles. The lowest BCUT2D eigenvalue weighted by molar-refractivity contribution is -0.175. The Bertz CT molecular complexity index is 288. The number of hydrogen-bond acceptors (Lipinski definition) is 3. The Morgan fingerprint density at radius 2 is 1.58 bits per heavy atom. The van der Waals surface area contributed by atoms with E-state index >= 15 is 0 Å². The minimum atomic E-state index is -0.651. The highest BCUT2D eigenvalue weighted by atomic mass is 32.2. The molecule has 1 saturated heterocycles. The first-order valence-corrected chi connectivity index (χ1v) is 8.39. The van der Waals surface area contributed by atoms with E-state index < -0.39 is 6.29 Å². The van der Waals surface area contributed by atoms with E-state index in [0.29, 0.717) is 17.1 Å². The van der Waals surface area contributed by atoms with Crippen LogP contribution in [0.2, 0.25) is 0 Å². The lowest BCUT2D eigenvalue weighted by atomic mass is 9.83. The fraction of sp³-hybridized carbons (Fsp3) is 1.00. The molecule has 1 N–H and O–H groups in total. The van der Waals surface area contributed by atoms with Gasteiger partial charge in [0.05, 0.1) is 10.9 Å². The largest absolute Gasteiger partial charge is 0.367 e. The van der Waals surface area contributed by atoms with Gasteiger partial charge in [0, 0.05) is 5.25 Å². The summed E-state index contributed by atoms with van der Waals surface area (Å²) in [4.78, 5) is 0. The quantitative estimate of drug-likeness (QED) is 0.583. The van der Waals surface area contributed by atoms with Crippen molar-refractivity contribution in [3.8, 4) is 0 Å². The highest BCUT2D eigenvalue weighted by Gasteiger charge is 2.60. The molecule has 0 aromatic carbocycles. The molecule has 0 aromatic heterocycles.